The van der Waals surface area contributed by atoms with Crippen molar-refractivity contribution in [3.8, 4) is 11.6 Å². The summed E-state index contributed by atoms with van der Waals surface area (Å²) < 4.78 is 9.04. The van der Waals surface area contributed by atoms with Gasteiger partial charge in [0.05, 0.1) is 12.3 Å². The lowest BCUT2D eigenvalue weighted by Gasteiger charge is -2.24. The van der Waals surface area contributed by atoms with Crippen LogP contribution in [0, 0.1) is 13.8 Å². The molecule has 4 aromatic rings. The second-order valence-electron chi connectivity index (χ2n) is 7.69. The quantitative estimate of drug-likeness (QED) is 0.535. The number of anilines is 1. The van der Waals surface area contributed by atoms with E-state index >= 15 is 0 Å². The number of ether oxygens (including phenoxy) is 1. The number of nitrogens with zero attached hydrogens (tertiary/aromatic N) is 6. The monoisotopic (exact) mass is 417 g/mol. The van der Waals surface area contributed by atoms with E-state index in [1.165, 1.54) is 0 Å². The van der Waals surface area contributed by atoms with Gasteiger partial charge in [-0.15, -0.1) is 15.3 Å². The van der Waals surface area contributed by atoms with E-state index in [0.717, 1.165) is 29.0 Å². The number of rotatable bonds is 5. The molecule has 1 aromatic carbocycles. The van der Waals surface area contributed by atoms with E-state index in [4.69, 9.17) is 9.84 Å². The van der Waals surface area contributed by atoms with Crippen LogP contribution in [0.5, 0.6) is 5.75 Å². The zero-order chi connectivity index (χ0) is 21.5. The number of nitrogens with one attached hydrogen (secondary N) is 1. The van der Waals surface area contributed by atoms with Crippen molar-refractivity contribution in [2.24, 2.45) is 0 Å². The number of hydrogen-bond donors (Lipinski definition) is 1. The van der Waals surface area contributed by atoms with Gasteiger partial charge >= 0.3 is 0 Å². The van der Waals surface area contributed by atoms with Gasteiger partial charge in [-0.3, -0.25) is 4.79 Å². The summed E-state index contributed by atoms with van der Waals surface area (Å²) in [6, 6.07) is 11.6. The molecule has 31 heavy (non-hydrogen) atoms. The standard InChI is InChI=1S/C22H23N7O2/c1-4-11-31-16-7-5-15(6-8-16)17-12-20(30)23-22-21(17)13(2)26-29(22)19-10-9-18-25-24-14(3)28(18)27-19/h5-10,17H,4,11-12H2,1-3H3,(H,23,30). The van der Waals surface area contributed by atoms with Crippen LogP contribution in [0.4, 0.5) is 5.82 Å². The van der Waals surface area contributed by atoms with E-state index in [-0.39, 0.29) is 11.8 Å². The average molecular weight is 417 g/mol. The van der Waals surface area contributed by atoms with E-state index < -0.39 is 0 Å². The summed E-state index contributed by atoms with van der Waals surface area (Å²) in [5.41, 5.74) is 3.57. The smallest absolute Gasteiger partial charge is 0.226 e. The van der Waals surface area contributed by atoms with Crippen LogP contribution >= 0.6 is 0 Å². The van der Waals surface area contributed by atoms with Crippen molar-refractivity contribution in [1.29, 1.82) is 0 Å². The second kappa shape index (κ2) is 7.50. The van der Waals surface area contributed by atoms with Crippen LogP contribution in [0.1, 0.15) is 48.3 Å². The molecule has 0 saturated carbocycles. The molecule has 0 bridgehead atoms. The molecular weight excluding hydrogens is 394 g/mol. The van der Waals surface area contributed by atoms with Gasteiger partial charge in [0.1, 0.15) is 11.6 Å². The van der Waals surface area contributed by atoms with Crippen molar-refractivity contribution in [3.63, 3.8) is 0 Å². The molecule has 1 atom stereocenters. The molecule has 1 N–H and O–H groups in total. The topological polar surface area (TPSA) is 99.2 Å². The molecule has 0 aliphatic carbocycles. The fourth-order valence-corrected chi connectivity index (χ4v) is 4.01. The van der Waals surface area contributed by atoms with Crippen molar-refractivity contribution in [1.82, 2.24) is 29.6 Å². The summed E-state index contributed by atoms with van der Waals surface area (Å²) in [4.78, 5) is 12.6. The maximum absolute atomic E-state index is 12.6. The molecule has 5 rings (SSSR count). The first kappa shape index (κ1) is 19.2. The lowest BCUT2D eigenvalue weighted by atomic mass is 9.86. The Labute approximate surface area is 179 Å². The van der Waals surface area contributed by atoms with Crippen molar-refractivity contribution in [2.45, 2.75) is 39.5 Å². The Balaban J connectivity index is 1.57. The van der Waals surface area contributed by atoms with Crippen LogP contribution in [0.2, 0.25) is 0 Å². The maximum atomic E-state index is 12.6. The Morgan fingerprint density at radius 3 is 2.68 bits per heavy atom. The molecule has 1 aliphatic rings. The largest absolute Gasteiger partial charge is 0.494 e. The number of fused-ring (bicyclic) bond motifs is 2. The third-order valence-electron chi connectivity index (χ3n) is 5.48. The first-order valence-corrected chi connectivity index (χ1v) is 10.4. The van der Waals surface area contributed by atoms with E-state index in [1.54, 1.807) is 9.20 Å². The summed E-state index contributed by atoms with van der Waals surface area (Å²) in [6.45, 7) is 6.56. The van der Waals surface area contributed by atoms with Crippen LogP contribution in [-0.2, 0) is 4.79 Å². The fourth-order valence-electron chi connectivity index (χ4n) is 4.01. The molecule has 1 aliphatic heterocycles. The molecule has 1 amide bonds. The minimum atomic E-state index is -0.0851. The Bertz CT molecular complexity index is 1270. The molecule has 0 radical (unpaired) electrons. The van der Waals surface area contributed by atoms with Crippen LogP contribution in [0.3, 0.4) is 0 Å². The Kier molecular flexibility index (Phi) is 4.65. The third-order valence-corrected chi connectivity index (χ3v) is 5.48. The van der Waals surface area contributed by atoms with E-state index in [9.17, 15) is 4.79 Å². The first-order valence-electron chi connectivity index (χ1n) is 10.4. The van der Waals surface area contributed by atoms with Crippen LogP contribution in [0.25, 0.3) is 11.5 Å². The van der Waals surface area contributed by atoms with Crippen molar-refractivity contribution < 1.29 is 9.53 Å². The minimum Gasteiger partial charge on any atom is -0.494 e. The summed E-state index contributed by atoms with van der Waals surface area (Å²) >= 11 is 0. The van der Waals surface area contributed by atoms with Gasteiger partial charge in [0.15, 0.2) is 17.3 Å². The number of carbonyl (C=O) groups excluding carboxylic acids is 1. The molecule has 1 unspecified atom stereocenters. The van der Waals surface area contributed by atoms with Crippen LogP contribution < -0.4 is 10.1 Å². The highest BCUT2D eigenvalue weighted by atomic mass is 16.5. The molecule has 0 spiro atoms. The van der Waals surface area contributed by atoms with Crippen LogP contribution in [-0.4, -0.2) is 42.1 Å². The van der Waals surface area contributed by atoms with Gasteiger partial charge in [-0.1, -0.05) is 19.1 Å². The molecule has 0 fully saturated rings. The molecular formula is C22H23N7O2. The van der Waals surface area contributed by atoms with Gasteiger partial charge in [0.2, 0.25) is 5.91 Å². The molecule has 0 saturated heterocycles. The number of carbonyl (C=O) groups is 1. The van der Waals surface area contributed by atoms with Gasteiger partial charge in [-0.05, 0) is 50.1 Å². The second-order valence-corrected chi connectivity index (χ2v) is 7.69. The highest BCUT2D eigenvalue weighted by Crippen LogP contribution is 2.40. The average Bonchev–Trinajstić information content (AvgIpc) is 3.31. The summed E-state index contributed by atoms with van der Waals surface area (Å²) in [6.07, 6.45) is 1.33. The number of amides is 1. The Morgan fingerprint density at radius 1 is 1.10 bits per heavy atom. The van der Waals surface area contributed by atoms with Crippen LogP contribution in [0.15, 0.2) is 36.4 Å². The Morgan fingerprint density at radius 2 is 1.90 bits per heavy atom. The number of aromatic nitrogens is 6. The highest BCUT2D eigenvalue weighted by Gasteiger charge is 2.33. The Hall–Kier alpha value is -3.75. The number of aryl methyl sites for hydroxylation is 2. The molecule has 9 nitrogen and oxygen atoms in total. The number of benzene rings is 1. The first-order chi connectivity index (χ1) is 15.0. The summed E-state index contributed by atoms with van der Waals surface area (Å²) in [7, 11) is 0. The number of hydrogen-bond acceptors (Lipinski definition) is 6. The van der Waals surface area contributed by atoms with Gasteiger partial charge in [0.25, 0.3) is 0 Å². The molecule has 3 aromatic heterocycles. The third kappa shape index (κ3) is 3.31. The van der Waals surface area contributed by atoms with Crippen molar-refractivity contribution >= 4 is 17.4 Å². The zero-order valence-corrected chi connectivity index (χ0v) is 17.7. The molecule has 158 valence electrons. The van der Waals surface area contributed by atoms with E-state index in [2.05, 4.69) is 27.5 Å². The maximum Gasteiger partial charge on any atom is 0.226 e. The summed E-state index contributed by atoms with van der Waals surface area (Å²) in [5, 5.41) is 20.5. The van der Waals surface area contributed by atoms with E-state index in [1.807, 2.05) is 50.2 Å². The predicted molar refractivity (Wildman–Crippen MR) is 115 cm³/mol. The SMILES string of the molecule is CCCOc1ccc(C2CC(=O)Nc3c2c(C)nn3-c2ccc3nnc(C)n3n2)cc1. The lowest BCUT2D eigenvalue weighted by Crippen LogP contribution is -2.25. The fraction of sp³-hybridized carbons (Fsp3) is 0.318. The highest BCUT2D eigenvalue weighted by molar-refractivity contribution is 5.95. The minimum absolute atomic E-state index is 0.0495. The van der Waals surface area contributed by atoms with Gasteiger partial charge in [0, 0.05) is 17.9 Å². The van der Waals surface area contributed by atoms with Gasteiger partial charge < -0.3 is 10.1 Å². The zero-order valence-electron chi connectivity index (χ0n) is 17.7. The molecule has 9 heteroatoms. The lowest BCUT2D eigenvalue weighted by molar-refractivity contribution is -0.116. The van der Waals surface area contributed by atoms with E-state index in [0.29, 0.717) is 36.1 Å². The van der Waals surface area contributed by atoms with Gasteiger partial charge in [-0.25, -0.2) is 0 Å². The molecule has 4 heterocycles. The predicted octanol–water partition coefficient (Wildman–Crippen LogP) is 3.19. The van der Waals surface area contributed by atoms with Crippen molar-refractivity contribution in [3.05, 3.63) is 59.0 Å². The normalized spacial score (nSPS) is 15.7. The summed E-state index contributed by atoms with van der Waals surface area (Å²) in [5.74, 6) is 2.62. The van der Waals surface area contributed by atoms with Gasteiger partial charge in [-0.2, -0.15) is 14.3 Å². The van der Waals surface area contributed by atoms with Crippen molar-refractivity contribution in [2.75, 3.05) is 11.9 Å².